The van der Waals surface area contributed by atoms with E-state index in [1.165, 1.54) is 6.07 Å². The van der Waals surface area contributed by atoms with Crippen LogP contribution in [0.5, 0.6) is 0 Å². The Hall–Kier alpha value is -1.47. The van der Waals surface area contributed by atoms with Crippen molar-refractivity contribution in [3.8, 4) is 11.8 Å². The SMILES string of the molecule is CCNC(=NCC#Cc1cccc(C(F)(F)F)c1)NC1CC2CCC1O2.I. The molecule has 2 heterocycles. The number of nitrogens with zero attached hydrogens (tertiary/aromatic N) is 1. The molecule has 148 valence electrons. The molecule has 2 aliphatic heterocycles. The summed E-state index contributed by atoms with van der Waals surface area (Å²) in [6.07, 6.45) is -0.608. The summed E-state index contributed by atoms with van der Waals surface area (Å²) in [6.45, 7) is 2.89. The Kier molecular flexibility index (Phi) is 7.79. The van der Waals surface area contributed by atoms with E-state index < -0.39 is 11.7 Å². The van der Waals surface area contributed by atoms with Gasteiger partial charge in [0.15, 0.2) is 5.96 Å². The van der Waals surface area contributed by atoms with Gasteiger partial charge in [0, 0.05) is 12.1 Å². The number of ether oxygens (including phenoxy) is 1. The maximum atomic E-state index is 12.7. The molecule has 2 bridgehead atoms. The van der Waals surface area contributed by atoms with Gasteiger partial charge in [0.1, 0.15) is 6.54 Å². The Bertz CT molecular complexity index is 727. The van der Waals surface area contributed by atoms with Crippen LogP contribution in [-0.4, -0.2) is 37.3 Å². The van der Waals surface area contributed by atoms with E-state index in [0.29, 0.717) is 24.2 Å². The third-order valence-corrected chi connectivity index (χ3v) is 4.51. The first-order chi connectivity index (χ1) is 12.5. The molecular weight excluding hydrogens is 470 g/mol. The molecule has 0 aliphatic carbocycles. The second kappa shape index (κ2) is 9.64. The first kappa shape index (κ1) is 21.8. The van der Waals surface area contributed by atoms with Gasteiger partial charge in [0.25, 0.3) is 0 Å². The molecule has 1 aromatic carbocycles. The highest BCUT2D eigenvalue weighted by molar-refractivity contribution is 14.0. The predicted molar refractivity (Wildman–Crippen MR) is 109 cm³/mol. The van der Waals surface area contributed by atoms with Crippen molar-refractivity contribution < 1.29 is 17.9 Å². The third-order valence-electron chi connectivity index (χ3n) is 4.51. The van der Waals surface area contributed by atoms with Crippen molar-refractivity contribution in [1.29, 1.82) is 0 Å². The fourth-order valence-electron chi connectivity index (χ4n) is 3.32. The van der Waals surface area contributed by atoms with Crippen LogP contribution in [0.4, 0.5) is 13.2 Å². The molecule has 4 nitrogen and oxygen atoms in total. The van der Waals surface area contributed by atoms with E-state index in [1.807, 2.05) is 6.92 Å². The molecule has 2 saturated heterocycles. The van der Waals surface area contributed by atoms with Gasteiger partial charge in [-0.15, -0.1) is 24.0 Å². The predicted octanol–water partition coefficient (Wildman–Crippen LogP) is 3.55. The molecule has 1 aromatic rings. The molecule has 0 spiro atoms. The highest BCUT2D eigenvalue weighted by atomic mass is 127. The fraction of sp³-hybridized carbons (Fsp3) is 0.526. The van der Waals surface area contributed by atoms with Crippen molar-refractivity contribution in [1.82, 2.24) is 10.6 Å². The maximum absolute atomic E-state index is 12.7. The van der Waals surface area contributed by atoms with E-state index in [4.69, 9.17) is 4.74 Å². The molecular formula is C19H23F3IN3O. The zero-order chi connectivity index (χ0) is 18.6. The van der Waals surface area contributed by atoms with Crippen LogP contribution in [0.2, 0.25) is 0 Å². The molecule has 8 heteroatoms. The number of alkyl halides is 3. The first-order valence-electron chi connectivity index (χ1n) is 8.82. The zero-order valence-corrected chi connectivity index (χ0v) is 17.3. The number of hydrogen-bond acceptors (Lipinski definition) is 2. The van der Waals surface area contributed by atoms with E-state index in [-0.39, 0.29) is 42.7 Å². The number of benzene rings is 1. The Morgan fingerprint density at radius 3 is 2.78 bits per heavy atom. The third kappa shape index (κ3) is 6.01. The van der Waals surface area contributed by atoms with Crippen LogP contribution < -0.4 is 10.6 Å². The van der Waals surface area contributed by atoms with Crippen LogP contribution >= 0.6 is 24.0 Å². The molecule has 0 radical (unpaired) electrons. The summed E-state index contributed by atoms with van der Waals surface area (Å²) in [4.78, 5) is 4.39. The van der Waals surface area contributed by atoms with Gasteiger partial charge >= 0.3 is 6.18 Å². The Morgan fingerprint density at radius 2 is 2.15 bits per heavy atom. The number of aliphatic imine (C=N–C) groups is 1. The molecule has 3 atom stereocenters. The maximum Gasteiger partial charge on any atom is 0.416 e. The Labute approximate surface area is 174 Å². The normalized spacial score (nSPS) is 24.0. The standard InChI is InChI=1S/C19H22F3N3O.HI/c1-2-23-18(25-16-12-15-8-9-17(16)26-15)24-10-4-6-13-5-3-7-14(11-13)19(20,21)22;/h3,5,7,11,15-17H,2,8-10,12H2,1H3,(H2,23,24,25);1H. The highest BCUT2D eigenvalue weighted by Gasteiger charge is 2.41. The summed E-state index contributed by atoms with van der Waals surface area (Å²) in [5, 5.41) is 6.54. The molecule has 2 fully saturated rings. The molecule has 0 aromatic heterocycles. The fourth-order valence-corrected chi connectivity index (χ4v) is 3.32. The minimum atomic E-state index is -4.36. The van der Waals surface area contributed by atoms with Crippen LogP contribution in [0.3, 0.4) is 0 Å². The van der Waals surface area contributed by atoms with E-state index in [1.54, 1.807) is 6.07 Å². The van der Waals surface area contributed by atoms with Gasteiger partial charge in [-0.25, -0.2) is 4.99 Å². The average Bonchev–Trinajstić information content (AvgIpc) is 3.21. The van der Waals surface area contributed by atoms with Gasteiger partial charge < -0.3 is 15.4 Å². The molecule has 2 aliphatic rings. The Morgan fingerprint density at radius 1 is 1.33 bits per heavy atom. The van der Waals surface area contributed by atoms with Gasteiger partial charge in [-0.3, -0.25) is 0 Å². The first-order valence-corrected chi connectivity index (χ1v) is 8.82. The number of guanidine groups is 1. The lowest BCUT2D eigenvalue weighted by molar-refractivity contribution is -0.137. The van der Waals surface area contributed by atoms with Gasteiger partial charge in [-0.05, 0) is 44.4 Å². The largest absolute Gasteiger partial charge is 0.416 e. The topological polar surface area (TPSA) is 45.7 Å². The summed E-state index contributed by atoms with van der Waals surface area (Å²) in [7, 11) is 0. The number of rotatable bonds is 3. The van der Waals surface area contributed by atoms with E-state index >= 15 is 0 Å². The van der Waals surface area contributed by atoms with Gasteiger partial charge in [-0.1, -0.05) is 17.9 Å². The average molecular weight is 493 g/mol. The zero-order valence-electron chi connectivity index (χ0n) is 15.0. The minimum absolute atomic E-state index is 0. The van der Waals surface area contributed by atoms with Gasteiger partial charge in [-0.2, -0.15) is 13.2 Å². The molecule has 0 amide bonds. The lowest BCUT2D eigenvalue weighted by Crippen LogP contribution is -2.47. The van der Waals surface area contributed by atoms with Crippen LogP contribution in [-0.2, 0) is 10.9 Å². The summed E-state index contributed by atoms with van der Waals surface area (Å²) in [5.41, 5.74) is -0.367. The van der Waals surface area contributed by atoms with Crippen LogP contribution in [0, 0.1) is 11.8 Å². The molecule has 0 saturated carbocycles. The van der Waals surface area contributed by atoms with Crippen LogP contribution in [0.1, 0.15) is 37.3 Å². The second-order valence-corrected chi connectivity index (χ2v) is 6.44. The monoisotopic (exact) mass is 493 g/mol. The van der Waals surface area contributed by atoms with E-state index in [9.17, 15) is 13.2 Å². The van der Waals surface area contributed by atoms with Crippen molar-refractivity contribution in [3.63, 3.8) is 0 Å². The van der Waals surface area contributed by atoms with Gasteiger partial charge in [0.05, 0.1) is 23.8 Å². The van der Waals surface area contributed by atoms with E-state index in [2.05, 4.69) is 27.5 Å². The summed E-state index contributed by atoms with van der Waals surface area (Å²) in [6, 6.07) is 5.25. The van der Waals surface area contributed by atoms with Gasteiger partial charge in [0.2, 0.25) is 0 Å². The molecule has 27 heavy (non-hydrogen) atoms. The summed E-state index contributed by atoms with van der Waals surface area (Å²) >= 11 is 0. The quantitative estimate of drug-likeness (QED) is 0.293. The molecule has 3 rings (SSSR count). The second-order valence-electron chi connectivity index (χ2n) is 6.44. The lowest BCUT2D eigenvalue weighted by Gasteiger charge is -2.22. The summed E-state index contributed by atoms with van der Waals surface area (Å²) < 4.78 is 43.9. The molecule has 2 N–H and O–H groups in total. The van der Waals surface area contributed by atoms with Crippen LogP contribution in [0.15, 0.2) is 29.3 Å². The van der Waals surface area contributed by atoms with Crippen molar-refractivity contribution in [3.05, 3.63) is 35.4 Å². The van der Waals surface area contributed by atoms with E-state index in [0.717, 1.165) is 31.4 Å². The highest BCUT2D eigenvalue weighted by Crippen LogP contribution is 2.34. The lowest BCUT2D eigenvalue weighted by atomic mass is 9.96. The smallest absolute Gasteiger partial charge is 0.373 e. The number of hydrogen-bond donors (Lipinski definition) is 2. The van der Waals surface area contributed by atoms with Crippen molar-refractivity contribution in [2.75, 3.05) is 13.1 Å². The number of fused-ring (bicyclic) bond motifs is 2. The Balaban J connectivity index is 0.00000261. The number of halogens is 4. The van der Waals surface area contributed by atoms with Crippen molar-refractivity contribution in [2.24, 2.45) is 4.99 Å². The number of nitrogens with one attached hydrogen (secondary N) is 2. The minimum Gasteiger partial charge on any atom is -0.373 e. The summed E-state index contributed by atoms with van der Waals surface area (Å²) in [5.74, 6) is 6.21. The van der Waals surface area contributed by atoms with Crippen molar-refractivity contribution >= 4 is 29.9 Å². The van der Waals surface area contributed by atoms with Crippen LogP contribution in [0.25, 0.3) is 0 Å². The molecule has 3 unspecified atom stereocenters. The van der Waals surface area contributed by atoms with Crippen molar-refractivity contribution in [2.45, 2.75) is 50.6 Å².